The smallest absolute Gasteiger partial charge is 0.294 e. The lowest BCUT2D eigenvalue weighted by molar-refractivity contribution is -0.127. The molecule has 3 heterocycles. The zero-order valence-corrected chi connectivity index (χ0v) is 23.1. The number of ether oxygens (including phenoxy) is 3. The standard InChI is InChI=1S/C30H24N4O7S/c1-39-21-9-6-19(7-10-21)31-28(36)16-34-29(37)26(42-30(34)38)12-18-14-33(23-5-3-2-4-22(18)23)15-27(35)32-20-8-11-24-25(13-20)41-17-40-24/h2-14H,15-17H2,1H3,(H,31,36)(H,32,35)/b26-12-. The third kappa shape index (κ3) is 5.52. The van der Waals surface area contributed by atoms with Crippen LogP contribution in [0.3, 0.4) is 0 Å². The second-order valence-electron chi connectivity index (χ2n) is 9.39. The number of aromatic nitrogens is 1. The minimum atomic E-state index is -0.563. The number of carbonyl (C=O) groups is 4. The van der Waals surface area contributed by atoms with Crippen LogP contribution in [0.4, 0.5) is 16.2 Å². The van der Waals surface area contributed by atoms with Gasteiger partial charge in [-0.3, -0.25) is 24.1 Å². The van der Waals surface area contributed by atoms with Crippen LogP contribution < -0.4 is 24.8 Å². The van der Waals surface area contributed by atoms with Gasteiger partial charge in [0, 0.05) is 40.1 Å². The van der Waals surface area contributed by atoms with E-state index in [1.54, 1.807) is 59.3 Å². The Balaban J connectivity index is 1.16. The van der Waals surface area contributed by atoms with Crippen molar-refractivity contribution in [1.29, 1.82) is 0 Å². The maximum Gasteiger partial charge on any atom is 0.294 e. The van der Waals surface area contributed by atoms with Gasteiger partial charge < -0.3 is 29.4 Å². The van der Waals surface area contributed by atoms with E-state index in [0.717, 1.165) is 27.6 Å². The average Bonchev–Trinajstić information content (AvgIpc) is 3.66. The second kappa shape index (κ2) is 11.3. The van der Waals surface area contributed by atoms with Crippen LogP contribution in [0.25, 0.3) is 17.0 Å². The second-order valence-corrected chi connectivity index (χ2v) is 10.4. The molecule has 11 nitrogen and oxygen atoms in total. The highest BCUT2D eigenvalue weighted by Crippen LogP contribution is 2.35. The summed E-state index contributed by atoms with van der Waals surface area (Å²) in [6, 6.07) is 19.3. The highest BCUT2D eigenvalue weighted by Gasteiger charge is 2.36. The minimum Gasteiger partial charge on any atom is -0.497 e. The highest BCUT2D eigenvalue weighted by atomic mass is 32.2. The summed E-state index contributed by atoms with van der Waals surface area (Å²) >= 11 is 0.764. The number of hydrogen-bond acceptors (Lipinski definition) is 8. The highest BCUT2D eigenvalue weighted by molar-refractivity contribution is 8.18. The number of benzene rings is 3. The van der Waals surface area contributed by atoms with E-state index in [1.165, 1.54) is 7.11 Å². The molecule has 1 saturated heterocycles. The van der Waals surface area contributed by atoms with Gasteiger partial charge >= 0.3 is 0 Å². The van der Waals surface area contributed by atoms with Gasteiger partial charge in [-0.1, -0.05) is 18.2 Å². The van der Waals surface area contributed by atoms with Gasteiger partial charge in [-0.15, -0.1) is 0 Å². The molecule has 0 radical (unpaired) electrons. The lowest BCUT2D eigenvalue weighted by atomic mass is 10.1. The van der Waals surface area contributed by atoms with Crippen LogP contribution in [0, 0.1) is 0 Å². The molecule has 2 aliphatic heterocycles. The van der Waals surface area contributed by atoms with E-state index < -0.39 is 23.6 Å². The number of amides is 4. The van der Waals surface area contributed by atoms with Crippen LogP contribution in [-0.2, 0) is 20.9 Å². The summed E-state index contributed by atoms with van der Waals surface area (Å²) in [7, 11) is 1.54. The van der Waals surface area contributed by atoms with E-state index in [2.05, 4.69) is 10.6 Å². The monoisotopic (exact) mass is 584 g/mol. The Morgan fingerprint density at radius 1 is 0.929 bits per heavy atom. The summed E-state index contributed by atoms with van der Waals surface area (Å²) < 4.78 is 17.6. The Labute approximate surface area is 244 Å². The number of imide groups is 1. The Bertz CT molecular complexity index is 1760. The maximum absolute atomic E-state index is 13.1. The quantitative estimate of drug-likeness (QED) is 0.286. The summed E-state index contributed by atoms with van der Waals surface area (Å²) in [4.78, 5) is 52.4. The molecule has 3 aromatic carbocycles. The number of nitrogens with zero attached hydrogens (tertiary/aromatic N) is 2. The van der Waals surface area contributed by atoms with E-state index in [4.69, 9.17) is 14.2 Å². The third-order valence-corrected chi connectivity index (χ3v) is 7.53. The van der Waals surface area contributed by atoms with Gasteiger partial charge in [0.15, 0.2) is 11.5 Å². The average molecular weight is 585 g/mol. The Kier molecular flexibility index (Phi) is 7.28. The SMILES string of the molecule is COc1ccc(NC(=O)CN2C(=O)S/C(=C\c3cn(CC(=O)Nc4ccc5c(c4)OCO5)c4ccccc34)C2=O)cc1. The molecule has 2 aliphatic rings. The molecular formula is C30H24N4O7S. The molecule has 0 spiro atoms. The van der Waals surface area contributed by atoms with Crippen molar-refractivity contribution in [2.45, 2.75) is 6.54 Å². The molecule has 4 amide bonds. The summed E-state index contributed by atoms with van der Waals surface area (Å²) in [6.45, 7) is -0.271. The van der Waals surface area contributed by atoms with Crippen molar-refractivity contribution in [3.8, 4) is 17.2 Å². The first kappa shape index (κ1) is 27.0. The summed E-state index contributed by atoms with van der Waals surface area (Å²) in [5, 5.41) is 5.80. The molecular weight excluding hydrogens is 560 g/mol. The van der Waals surface area contributed by atoms with Gasteiger partial charge in [-0.2, -0.15) is 0 Å². The number of thioether (sulfide) groups is 1. The van der Waals surface area contributed by atoms with Gasteiger partial charge in [0.2, 0.25) is 18.6 Å². The van der Waals surface area contributed by atoms with Gasteiger partial charge in [0.25, 0.3) is 11.1 Å². The molecule has 0 atom stereocenters. The predicted octanol–water partition coefficient (Wildman–Crippen LogP) is 4.69. The fourth-order valence-electron chi connectivity index (χ4n) is 4.65. The van der Waals surface area contributed by atoms with Crippen LogP contribution in [0.5, 0.6) is 17.2 Å². The zero-order chi connectivity index (χ0) is 29.2. The third-order valence-electron chi connectivity index (χ3n) is 6.63. The van der Waals surface area contributed by atoms with Crippen LogP contribution in [-0.4, -0.2) is 52.9 Å². The molecule has 6 rings (SSSR count). The normalized spacial score (nSPS) is 15.0. The molecule has 1 fully saturated rings. The molecule has 1 aromatic heterocycles. The molecule has 0 unspecified atom stereocenters. The van der Waals surface area contributed by atoms with E-state index in [9.17, 15) is 19.2 Å². The summed E-state index contributed by atoms with van der Waals surface area (Å²) in [5.74, 6) is 0.492. The van der Waals surface area contributed by atoms with E-state index in [0.29, 0.717) is 34.2 Å². The number of methoxy groups -OCH3 is 1. The molecule has 4 aromatic rings. The molecule has 0 saturated carbocycles. The van der Waals surface area contributed by atoms with Crippen molar-refractivity contribution in [1.82, 2.24) is 9.47 Å². The summed E-state index contributed by atoms with van der Waals surface area (Å²) in [5.41, 5.74) is 2.53. The number of hydrogen-bond donors (Lipinski definition) is 2. The molecule has 212 valence electrons. The first-order valence-electron chi connectivity index (χ1n) is 12.8. The molecule has 2 N–H and O–H groups in total. The van der Waals surface area contributed by atoms with Crippen molar-refractivity contribution in [3.63, 3.8) is 0 Å². The van der Waals surface area contributed by atoms with Crippen molar-refractivity contribution in [2.75, 3.05) is 31.1 Å². The zero-order valence-electron chi connectivity index (χ0n) is 22.3. The van der Waals surface area contributed by atoms with Gasteiger partial charge in [-0.25, -0.2) is 0 Å². The molecule has 0 bridgehead atoms. The molecule has 0 aliphatic carbocycles. The minimum absolute atomic E-state index is 0.00973. The summed E-state index contributed by atoms with van der Waals surface area (Å²) in [6.07, 6.45) is 3.37. The Morgan fingerprint density at radius 2 is 1.64 bits per heavy atom. The van der Waals surface area contributed by atoms with Crippen LogP contribution >= 0.6 is 11.8 Å². The van der Waals surface area contributed by atoms with Crippen molar-refractivity contribution in [3.05, 3.63) is 83.4 Å². The Morgan fingerprint density at radius 3 is 2.45 bits per heavy atom. The van der Waals surface area contributed by atoms with Crippen LogP contribution in [0.2, 0.25) is 0 Å². The van der Waals surface area contributed by atoms with E-state index in [-0.39, 0.29) is 24.2 Å². The number of fused-ring (bicyclic) bond motifs is 2. The first-order chi connectivity index (χ1) is 20.4. The number of rotatable bonds is 8. The Hall–Kier alpha value is -5.23. The number of anilines is 2. The molecule has 12 heteroatoms. The lowest BCUT2D eigenvalue weighted by Crippen LogP contribution is -2.36. The predicted molar refractivity (Wildman–Crippen MR) is 157 cm³/mol. The number of nitrogens with one attached hydrogen (secondary N) is 2. The molecule has 42 heavy (non-hydrogen) atoms. The van der Waals surface area contributed by atoms with Gasteiger partial charge in [-0.05, 0) is 60.3 Å². The van der Waals surface area contributed by atoms with Crippen molar-refractivity contribution in [2.24, 2.45) is 0 Å². The van der Waals surface area contributed by atoms with E-state index >= 15 is 0 Å². The van der Waals surface area contributed by atoms with Crippen molar-refractivity contribution < 1.29 is 33.4 Å². The number of para-hydroxylation sites is 1. The first-order valence-corrected chi connectivity index (χ1v) is 13.7. The maximum atomic E-state index is 13.1. The van der Waals surface area contributed by atoms with E-state index in [1.807, 2.05) is 24.3 Å². The van der Waals surface area contributed by atoms with Crippen LogP contribution in [0.15, 0.2) is 77.8 Å². The largest absolute Gasteiger partial charge is 0.497 e. The van der Waals surface area contributed by atoms with Gasteiger partial charge in [0.1, 0.15) is 18.8 Å². The fraction of sp³-hybridized carbons (Fsp3) is 0.133. The topological polar surface area (TPSA) is 128 Å². The number of carbonyl (C=O) groups excluding carboxylic acids is 4. The van der Waals surface area contributed by atoms with Crippen molar-refractivity contribution >= 4 is 63.1 Å². The fourth-order valence-corrected chi connectivity index (χ4v) is 5.48. The van der Waals surface area contributed by atoms with Gasteiger partial charge in [0.05, 0.1) is 12.0 Å². The lowest BCUT2D eigenvalue weighted by Gasteiger charge is -2.12. The van der Waals surface area contributed by atoms with Crippen LogP contribution in [0.1, 0.15) is 5.56 Å².